The van der Waals surface area contributed by atoms with Gasteiger partial charge in [-0.1, -0.05) is 19.3 Å². The molecule has 0 amide bonds. The van der Waals surface area contributed by atoms with E-state index in [1.165, 1.54) is 19.4 Å². The summed E-state index contributed by atoms with van der Waals surface area (Å²) < 4.78 is 41.1. The molecule has 0 spiro atoms. The van der Waals surface area contributed by atoms with Gasteiger partial charge in [0.2, 0.25) is 10.0 Å². The van der Waals surface area contributed by atoms with Crippen LogP contribution in [-0.2, 0) is 16.6 Å². The summed E-state index contributed by atoms with van der Waals surface area (Å²) in [6.45, 7) is 1.45. The van der Waals surface area contributed by atoms with Crippen LogP contribution in [0.5, 0.6) is 0 Å². The van der Waals surface area contributed by atoms with Crippen molar-refractivity contribution in [1.82, 2.24) is 4.72 Å². The van der Waals surface area contributed by atoms with Crippen LogP contribution in [0.4, 0.5) is 4.39 Å². The number of benzene rings is 1. The number of sulfonamides is 1. The van der Waals surface area contributed by atoms with Crippen molar-refractivity contribution in [3.8, 4) is 0 Å². The number of hydrogen-bond donors (Lipinski definition) is 2. The van der Waals surface area contributed by atoms with Gasteiger partial charge in [0.15, 0.2) is 0 Å². The van der Waals surface area contributed by atoms with E-state index in [2.05, 4.69) is 4.72 Å². The Morgan fingerprint density at radius 1 is 1.29 bits per heavy atom. The van der Waals surface area contributed by atoms with Crippen LogP contribution < -0.4 is 4.72 Å². The van der Waals surface area contributed by atoms with Gasteiger partial charge >= 0.3 is 0 Å². The fourth-order valence-corrected chi connectivity index (χ4v) is 4.19. The predicted octanol–water partition coefficient (Wildman–Crippen LogP) is 2.49. The molecule has 6 heteroatoms. The Balaban J connectivity index is 2.16. The van der Waals surface area contributed by atoms with Gasteiger partial charge in [-0.25, -0.2) is 17.5 Å². The maximum atomic E-state index is 13.7. The van der Waals surface area contributed by atoms with Crippen LogP contribution in [0.3, 0.4) is 0 Å². The number of nitrogens with one attached hydrogen (secondary N) is 1. The minimum absolute atomic E-state index is 0.0811. The highest BCUT2D eigenvalue weighted by atomic mass is 32.2. The van der Waals surface area contributed by atoms with E-state index in [4.69, 9.17) is 5.11 Å². The van der Waals surface area contributed by atoms with Gasteiger partial charge in [0.25, 0.3) is 0 Å². The second-order valence-corrected chi connectivity index (χ2v) is 7.45. The van der Waals surface area contributed by atoms with Crippen molar-refractivity contribution in [3.05, 3.63) is 29.1 Å². The Morgan fingerprint density at radius 2 is 1.95 bits per heavy atom. The third-order valence-electron chi connectivity index (χ3n) is 4.12. The quantitative estimate of drug-likeness (QED) is 0.877. The van der Waals surface area contributed by atoms with Crippen molar-refractivity contribution < 1.29 is 17.9 Å². The maximum Gasteiger partial charge on any atom is 0.240 e. The third kappa shape index (κ3) is 4.02. The first-order valence-corrected chi connectivity index (χ1v) is 8.82. The zero-order valence-corrected chi connectivity index (χ0v) is 13.0. The van der Waals surface area contributed by atoms with E-state index in [-0.39, 0.29) is 22.6 Å². The van der Waals surface area contributed by atoms with Gasteiger partial charge in [-0.2, -0.15) is 0 Å². The lowest BCUT2D eigenvalue weighted by atomic mass is 9.90. The van der Waals surface area contributed by atoms with Gasteiger partial charge in [-0.15, -0.1) is 0 Å². The number of hydrogen-bond acceptors (Lipinski definition) is 3. The van der Waals surface area contributed by atoms with Gasteiger partial charge in [0.1, 0.15) is 5.82 Å². The lowest BCUT2D eigenvalue weighted by Gasteiger charge is -2.22. The molecule has 118 valence electrons. The fraction of sp³-hybridized carbons (Fsp3) is 0.600. The Morgan fingerprint density at radius 3 is 2.57 bits per heavy atom. The molecule has 1 aliphatic rings. The molecule has 0 unspecified atom stereocenters. The number of aliphatic hydroxyl groups is 1. The maximum absolute atomic E-state index is 13.7. The summed E-state index contributed by atoms with van der Waals surface area (Å²) in [5.74, 6) is -0.251. The molecule has 2 rings (SSSR count). The van der Waals surface area contributed by atoms with Gasteiger partial charge in [0.05, 0.1) is 11.5 Å². The highest BCUT2D eigenvalue weighted by Crippen LogP contribution is 2.24. The minimum atomic E-state index is -3.75. The molecule has 0 aromatic heterocycles. The summed E-state index contributed by atoms with van der Waals surface area (Å²) in [4.78, 5) is -0.0811. The van der Waals surface area contributed by atoms with Crippen LogP contribution in [0.25, 0.3) is 0 Å². The van der Waals surface area contributed by atoms with Crippen LogP contribution in [0.1, 0.15) is 43.2 Å². The minimum Gasteiger partial charge on any atom is -0.392 e. The SMILES string of the molecule is Cc1c(F)cc(CO)cc1S(=O)(=O)NCC1CCCCC1. The number of rotatable bonds is 5. The molecule has 0 saturated heterocycles. The molecule has 0 radical (unpaired) electrons. The molecule has 1 aliphatic carbocycles. The molecule has 0 aliphatic heterocycles. The Hall–Kier alpha value is -0.980. The van der Waals surface area contributed by atoms with Crippen LogP contribution in [0.15, 0.2) is 17.0 Å². The van der Waals surface area contributed by atoms with Crippen LogP contribution >= 0.6 is 0 Å². The topological polar surface area (TPSA) is 66.4 Å². The molecule has 1 fully saturated rings. The van der Waals surface area contributed by atoms with E-state index in [1.807, 2.05) is 0 Å². The first-order chi connectivity index (χ1) is 9.94. The van der Waals surface area contributed by atoms with Crippen molar-refractivity contribution in [3.63, 3.8) is 0 Å². The van der Waals surface area contributed by atoms with Crippen molar-refractivity contribution in [2.75, 3.05) is 6.54 Å². The van der Waals surface area contributed by atoms with Crippen molar-refractivity contribution in [2.45, 2.75) is 50.5 Å². The Kier molecular flexibility index (Phi) is 5.35. The zero-order chi connectivity index (χ0) is 15.5. The van der Waals surface area contributed by atoms with Gasteiger partial charge in [-0.3, -0.25) is 0 Å². The standard InChI is InChI=1S/C15H22FNO3S/c1-11-14(16)7-13(10-18)8-15(11)21(19,20)17-9-12-5-3-2-4-6-12/h7-8,12,17-18H,2-6,9-10H2,1H3. The van der Waals surface area contributed by atoms with E-state index in [0.29, 0.717) is 12.5 Å². The molecular weight excluding hydrogens is 293 g/mol. The van der Waals surface area contributed by atoms with Gasteiger partial charge in [-0.05, 0) is 43.4 Å². The van der Waals surface area contributed by atoms with Gasteiger partial charge < -0.3 is 5.11 Å². The normalized spacial score (nSPS) is 17.1. The largest absolute Gasteiger partial charge is 0.392 e. The summed E-state index contributed by atoms with van der Waals surface area (Å²) in [7, 11) is -3.75. The lowest BCUT2D eigenvalue weighted by Crippen LogP contribution is -2.31. The molecule has 1 aromatic carbocycles. The number of halogens is 1. The summed E-state index contributed by atoms with van der Waals surface area (Å²) in [6.07, 6.45) is 5.56. The third-order valence-corrected chi connectivity index (χ3v) is 5.67. The van der Waals surface area contributed by atoms with E-state index < -0.39 is 15.8 Å². The second kappa shape index (κ2) is 6.85. The molecule has 2 N–H and O–H groups in total. The first-order valence-electron chi connectivity index (χ1n) is 7.33. The van der Waals surface area contributed by atoms with Gasteiger partial charge in [0, 0.05) is 12.1 Å². The van der Waals surface area contributed by atoms with E-state index >= 15 is 0 Å². The summed E-state index contributed by atoms with van der Waals surface area (Å²) in [5, 5.41) is 9.09. The first kappa shape index (κ1) is 16.4. The van der Waals surface area contributed by atoms with Crippen LogP contribution in [0.2, 0.25) is 0 Å². The highest BCUT2D eigenvalue weighted by molar-refractivity contribution is 7.89. The molecule has 4 nitrogen and oxygen atoms in total. The molecule has 0 bridgehead atoms. The molecule has 0 atom stereocenters. The molecular formula is C15H22FNO3S. The van der Waals surface area contributed by atoms with Crippen molar-refractivity contribution in [2.24, 2.45) is 5.92 Å². The van der Waals surface area contributed by atoms with Crippen LogP contribution in [-0.4, -0.2) is 20.1 Å². The molecule has 0 heterocycles. The van der Waals surface area contributed by atoms with E-state index in [0.717, 1.165) is 31.7 Å². The van der Waals surface area contributed by atoms with E-state index in [9.17, 15) is 12.8 Å². The Bertz CT molecular complexity index is 595. The highest BCUT2D eigenvalue weighted by Gasteiger charge is 2.22. The molecule has 1 aromatic rings. The average molecular weight is 315 g/mol. The summed E-state index contributed by atoms with van der Waals surface area (Å²) in [5.41, 5.74) is 0.347. The number of aliphatic hydroxyl groups excluding tert-OH is 1. The monoisotopic (exact) mass is 315 g/mol. The molecule has 1 saturated carbocycles. The average Bonchev–Trinajstić information content (AvgIpc) is 2.48. The smallest absolute Gasteiger partial charge is 0.240 e. The lowest BCUT2D eigenvalue weighted by molar-refractivity contribution is 0.281. The fourth-order valence-electron chi connectivity index (χ4n) is 2.77. The summed E-state index contributed by atoms with van der Waals surface area (Å²) >= 11 is 0. The molecule has 21 heavy (non-hydrogen) atoms. The second-order valence-electron chi connectivity index (χ2n) is 5.71. The summed E-state index contributed by atoms with van der Waals surface area (Å²) in [6, 6.07) is 2.50. The van der Waals surface area contributed by atoms with Crippen molar-refractivity contribution >= 4 is 10.0 Å². The zero-order valence-electron chi connectivity index (χ0n) is 12.2. The predicted molar refractivity (Wildman–Crippen MR) is 78.8 cm³/mol. The Labute approximate surface area is 125 Å². The van der Waals surface area contributed by atoms with Crippen LogP contribution in [0, 0.1) is 18.7 Å². The van der Waals surface area contributed by atoms with Crippen molar-refractivity contribution in [1.29, 1.82) is 0 Å². The van der Waals surface area contributed by atoms with E-state index in [1.54, 1.807) is 0 Å².